The van der Waals surface area contributed by atoms with Crippen LogP contribution in [0.15, 0.2) is 24.3 Å². The van der Waals surface area contributed by atoms with Crippen molar-refractivity contribution < 1.29 is 9.53 Å². The number of methoxy groups -OCH3 is 1. The molecule has 2 rings (SSSR count). The van der Waals surface area contributed by atoms with E-state index in [2.05, 4.69) is 10.6 Å². The number of nitrogens with one attached hydrogen (secondary N) is 2. The second-order valence-electron chi connectivity index (χ2n) is 5.09. The summed E-state index contributed by atoms with van der Waals surface area (Å²) in [6, 6.07) is 7.81. The predicted molar refractivity (Wildman–Crippen MR) is 77.4 cm³/mol. The molecule has 1 aliphatic rings. The maximum Gasteiger partial charge on any atom is 0.250 e. The summed E-state index contributed by atoms with van der Waals surface area (Å²) in [6.45, 7) is 1.14. The van der Waals surface area contributed by atoms with Gasteiger partial charge < -0.3 is 15.4 Å². The maximum atomic E-state index is 11.3. The Kier molecular flexibility index (Phi) is 5.21. The molecular formula is C15H22N2O2. The Hall–Kier alpha value is -1.55. The van der Waals surface area contributed by atoms with Crippen molar-refractivity contribution in [3.63, 3.8) is 0 Å². The Bertz CT molecular complexity index is 397. The van der Waals surface area contributed by atoms with Gasteiger partial charge in [-0.2, -0.15) is 0 Å². The van der Waals surface area contributed by atoms with E-state index in [4.69, 9.17) is 4.74 Å². The number of benzene rings is 1. The topological polar surface area (TPSA) is 50.4 Å². The van der Waals surface area contributed by atoms with Crippen LogP contribution >= 0.6 is 0 Å². The van der Waals surface area contributed by atoms with Gasteiger partial charge in [-0.25, -0.2) is 0 Å². The lowest BCUT2D eigenvalue weighted by atomic mass is 10.1. The standard InChI is InChI=1S/C15H22N2O2/c1-19-11-15(18)17-14-8-6-13(7-9-14)16-10-12-4-2-3-5-12/h6-9,12,16H,2-5,10-11H2,1H3,(H,17,18). The van der Waals surface area contributed by atoms with E-state index in [1.807, 2.05) is 24.3 Å². The molecule has 0 aliphatic heterocycles. The van der Waals surface area contributed by atoms with Gasteiger partial charge in [-0.15, -0.1) is 0 Å². The molecule has 104 valence electrons. The molecule has 4 heteroatoms. The van der Waals surface area contributed by atoms with Crippen LogP contribution in [0.2, 0.25) is 0 Å². The quantitative estimate of drug-likeness (QED) is 0.828. The van der Waals surface area contributed by atoms with Crippen LogP contribution < -0.4 is 10.6 Å². The zero-order valence-electron chi connectivity index (χ0n) is 11.4. The summed E-state index contributed by atoms with van der Waals surface area (Å²) in [5.74, 6) is 0.690. The summed E-state index contributed by atoms with van der Waals surface area (Å²) in [5.41, 5.74) is 1.91. The highest BCUT2D eigenvalue weighted by Gasteiger charge is 2.14. The minimum atomic E-state index is -0.130. The Morgan fingerprint density at radius 3 is 2.47 bits per heavy atom. The summed E-state index contributed by atoms with van der Waals surface area (Å²) >= 11 is 0. The van der Waals surface area contributed by atoms with Gasteiger partial charge in [0.05, 0.1) is 0 Å². The van der Waals surface area contributed by atoms with Crippen LogP contribution in [0, 0.1) is 5.92 Å². The van der Waals surface area contributed by atoms with Gasteiger partial charge in [0.15, 0.2) is 0 Å². The molecule has 0 aromatic heterocycles. The van der Waals surface area contributed by atoms with Crippen molar-refractivity contribution in [3.05, 3.63) is 24.3 Å². The molecule has 1 aromatic carbocycles. The minimum absolute atomic E-state index is 0.0850. The van der Waals surface area contributed by atoms with Gasteiger partial charge in [0, 0.05) is 25.0 Å². The first-order chi connectivity index (χ1) is 9.28. The molecule has 1 aliphatic carbocycles. The van der Waals surface area contributed by atoms with Crippen molar-refractivity contribution in [3.8, 4) is 0 Å². The molecule has 4 nitrogen and oxygen atoms in total. The second-order valence-corrected chi connectivity index (χ2v) is 5.09. The van der Waals surface area contributed by atoms with Gasteiger partial charge in [0.1, 0.15) is 6.61 Å². The van der Waals surface area contributed by atoms with Crippen LogP contribution in [0.1, 0.15) is 25.7 Å². The number of rotatable bonds is 6. The molecule has 1 aromatic rings. The van der Waals surface area contributed by atoms with E-state index in [1.165, 1.54) is 32.8 Å². The van der Waals surface area contributed by atoms with E-state index >= 15 is 0 Å². The summed E-state index contributed by atoms with van der Waals surface area (Å²) in [4.78, 5) is 11.3. The minimum Gasteiger partial charge on any atom is -0.385 e. The third kappa shape index (κ3) is 4.56. The van der Waals surface area contributed by atoms with Crippen molar-refractivity contribution in [2.24, 2.45) is 5.92 Å². The lowest BCUT2D eigenvalue weighted by Gasteiger charge is -2.12. The molecule has 0 bridgehead atoms. The number of carbonyl (C=O) groups is 1. The van der Waals surface area contributed by atoms with Gasteiger partial charge in [-0.3, -0.25) is 4.79 Å². The molecule has 0 saturated heterocycles. The first kappa shape index (κ1) is 13.9. The zero-order valence-corrected chi connectivity index (χ0v) is 11.4. The summed E-state index contributed by atoms with van der Waals surface area (Å²) < 4.78 is 4.77. The van der Waals surface area contributed by atoms with Gasteiger partial charge in [0.2, 0.25) is 5.91 Å². The second kappa shape index (κ2) is 7.14. The van der Waals surface area contributed by atoms with Crippen molar-refractivity contribution in [2.45, 2.75) is 25.7 Å². The largest absolute Gasteiger partial charge is 0.385 e. The molecule has 0 radical (unpaired) electrons. The average molecular weight is 262 g/mol. The molecule has 0 unspecified atom stereocenters. The summed E-state index contributed by atoms with van der Waals surface area (Å²) in [6.07, 6.45) is 5.43. The van der Waals surface area contributed by atoms with Crippen molar-refractivity contribution in [1.82, 2.24) is 0 Å². The normalized spacial score (nSPS) is 15.4. The molecule has 0 heterocycles. The van der Waals surface area contributed by atoms with E-state index in [1.54, 1.807) is 0 Å². The molecule has 19 heavy (non-hydrogen) atoms. The first-order valence-electron chi connectivity index (χ1n) is 6.90. The van der Waals surface area contributed by atoms with Crippen molar-refractivity contribution in [1.29, 1.82) is 0 Å². The lowest BCUT2D eigenvalue weighted by molar-refractivity contribution is -0.119. The molecule has 1 fully saturated rings. The molecular weight excluding hydrogens is 240 g/mol. The Morgan fingerprint density at radius 2 is 1.84 bits per heavy atom. The van der Waals surface area contributed by atoms with Gasteiger partial charge in [-0.05, 0) is 43.0 Å². The van der Waals surface area contributed by atoms with Gasteiger partial charge in [0.25, 0.3) is 0 Å². The third-order valence-electron chi connectivity index (χ3n) is 3.51. The number of ether oxygens (including phenoxy) is 1. The SMILES string of the molecule is COCC(=O)Nc1ccc(NCC2CCCC2)cc1. The number of hydrogen-bond acceptors (Lipinski definition) is 3. The molecule has 1 saturated carbocycles. The van der Waals surface area contributed by atoms with Crippen LogP contribution in [-0.4, -0.2) is 26.2 Å². The van der Waals surface area contributed by atoms with E-state index in [0.29, 0.717) is 0 Å². The summed E-state index contributed by atoms with van der Waals surface area (Å²) in [7, 11) is 1.51. The van der Waals surface area contributed by atoms with E-state index < -0.39 is 0 Å². The molecule has 0 atom stereocenters. The Morgan fingerprint density at radius 1 is 1.21 bits per heavy atom. The van der Waals surface area contributed by atoms with Gasteiger partial charge in [-0.1, -0.05) is 12.8 Å². The fraction of sp³-hybridized carbons (Fsp3) is 0.533. The molecule has 2 N–H and O–H groups in total. The van der Waals surface area contributed by atoms with E-state index in [0.717, 1.165) is 23.8 Å². The van der Waals surface area contributed by atoms with Gasteiger partial charge >= 0.3 is 0 Å². The Labute approximate surface area is 114 Å². The highest BCUT2D eigenvalue weighted by atomic mass is 16.5. The van der Waals surface area contributed by atoms with Crippen LogP contribution in [0.5, 0.6) is 0 Å². The van der Waals surface area contributed by atoms with E-state index in [-0.39, 0.29) is 12.5 Å². The predicted octanol–water partition coefficient (Wildman–Crippen LogP) is 2.87. The number of hydrogen-bond donors (Lipinski definition) is 2. The number of amides is 1. The zero-order chi connectivity index (χ0) is 13.5. The van der Waals surface area contributed by atoms with Crippen LogP contribution in [0.4, 0.5) is 11.4 Å². The monoisotopic (exact) mass is 262 g/mol. The fourth-order valence-electron chi connectivity index (χ4n) is 2.48. The van der Waals surface area contributed by atoms with Crippen molar-refractivity contribution >= 4 is 17.3 Å². The van der Waals surface area contributed by atoms with Crippen LogP contribution in [-0.2, 0) is 9.53 Å². The van der Waals surface area contributed by atoms with Crippen molar-refractivity contribution in [2.75, 3.05) is 30.9 Å². The highest BCUT2D eigenvalue weighted by molar-refractivity contribution is 5.91. The Balaban J connectivity index is 1.78. The molecule has 1 amide bonds. The van der Waals surface area contributed by atoms with E-state index in [9.17, 15) is 4.79 Å². The average Bonchev–Trinajstić information content (AvgIpc) is 2.91. The summed E-state index contributed by atoms with van der Waals surface area (Å²) in [5, 5.41) is 6.23. The third-order valence-corrected chi connectivity index (χ3v) is 3.51. The smallest absolute Gasteiger partial charge is 0.250 e. The molecule has 0 spiro atoms. The number of carbonyl (C=O) groups excluding carboxylic acids is 1. The highest BCUT2D eigenvalue weighted by Crippen LogP contribution is 2.25. The maximum absolute atomic E-state index is 11.3. The number of anilines is 2. The van der Waals surface area contributed by atoms with Crippen LogP contribution in [0.3, 0.4) is 0 Å². The lowest BCUT2D eigenvalue weighted by Crippen LogP contribution is -2.17. The van der Waals surface area contributed by atoms with Crippen LogP contribution in [0.25, 0.3) is 0 Å². The first-order valence-corrected chi connectivity index (χ1v) is 6.90. The fourth-order valence-corrected chi connectivity index (χ4v) is 2.48.